The van der Waals surface area contributed by atoms with E-state index in [0.29, 0.717) is 11.6 Å². The number of benzene rings is 3. The topological polar surface area (TPSA) is 64.9 Å². The number of halogens is 1. The molecule has 1 amide bonds. The first-order chi connectivity index (χ1) is 14.2. The Balaban J connectivity index is 1.73. The third-order valence-corrected chi connectivity index (χ3v) is 4.62. The van der Waals surface area contributed by atoms with Gasteiger partial charge in [-0.05, 0) is 28.8 Å². The highest BCUT2D eigenvalue weighted by atomic mass is 35.5. The molecule has 0 unspecified atom stereocenters. The average molecular weight is 402 g/mol. The summed E-state index contributed by atoms with van der Waals surface area (Å²) in [4.78, 5) is 12.8. The molecule has 0 heterocycles. The molecule has 0 spiro atoms. The summed E-state index contributed by atoms with van der Waals surface area (Å²) >= 11 is 5.88. The van der Waals surface area contributed by atoms with Crippen molar-refractivity contribution >= 4 is 17.5 Å². The molecule has 0 aliphatic rings. The molecule has 0 aliphatic carbocycles. The molecule has 4 nitrogen and oxygen atoms in total. The average Bonchev–Trinajstić information content (AvgIpc) is 2.77. The first-order valence-electron chi connectivity index (χ1n) is 9.16. The molecule has 0 saturated carbocycles. The number of carbonyl (C=O) groups excluding carboxylic acids is 1. The summed E-state index contributed by atoms with van der Waals surface area (Å²) in [5, 5.41) is 16.1. The van der Waals surface area contributed by atoms with E-state index in [2.05, 4.69) is 10.6 Å². The van der Waals surface area contributed by atoms with Crippen molar-refractivity contribution in [3.8, 4) is 6.07 Å². The largest absolute Gasteiger partial charge is 0.386 e. The van der Waals surface area contributed by atoms with Gasteiger partial charge in [-0.3, -0.25) is 4.79 Å². The third-order valence-electron chi connectivity index (χ3n) is 4.37. The van der Waals surface area contributed by atoms with Crippen molar-refractivity contribution in [1.29, 1.82) is 5.26 Å². The second-order valence-corrected chi connectivity index (χ2v) is 6.84. The number of nitriles is 1. The predicted molar refractivity (Wildman–Crippen MR) is 115 cm³/mol. The molecule has 2 N–H and O–H groups in total. The van der Waals surface area contributed by atoms with E-state index >= 15 is 0 Å². The Morgan fingerprint density at radius 2 is 1.48 bits per heavy atom. The quantitative estimate of drug-likeness (QED) is 0.443. The van der Waals surface area contributed by atoms with Crippen molar-refractivity contribution < 1.29 is 4.79 Å². The number of nitrogens with zero attached hydrogens (tertiary/aromatic N) is 1. The molecule has 3 rings (SSSR count). The van der Waals surface area contributed by atoms with E-state index in [1.54, 1.807) is 12.1 Å². The van der Waals surface area contributed by atoms with Crippen molar-refractivity contribution in [3.63, 3.8) is 0 Å². The minimum Gasteiger partial charge on any atom is -0.386 e. The molecule has 3 aromatic carbocycles. The van der Waals surface area contributed by atoms with E-state index < -0.39 is 5.91 Å². The maximum Gasteiger partial charge on any atom is 0.264 e. The Morgan fingerprint density at radius 1 is 0.931 bits per heavy atom. The van der Waals surface area contributed by atoms with Crippen LogP contribution in [0.1, 0.15) is 22.7 Å². The van der Waals surface area contributed by atoms with Crippen LogP contribution in [0.3, 0.4) is 0 Å². The molecular formula is C24H20ClN3O. The number of carbonyl (C=O) groups is 1. The van der Waals surface area contributed by atoms with Crippen molar-refractivity contribution in [3.05, 3.63) is 118 Å². The van der Waals surface area contributed by atoms with Crippen LogP contribution >= 0.6 is 11.6 Å². The van der Waals surface area contributed by atoms with E-state index in [1.165, 1.54) is 6.20 Å². The summed E-state index contributed by atoms with van der Waals surface area (Å²) in [6, 6.07) is 28.3. The number of nitrogens with one attached hydrogen (secondary N) is 2. The summed E-state index contributed by atoms with van der Waals surface area (Å²) in [6.45, 7) is 0.483. The van der Waals surface area contributed by atoms with Gasteiger partial charge in [0.05, 0.1) is 6.04 Å². The standard InChI is InChI=1S/C24H20ClN3O/c25-22-13-11-18(12-14-22)16-27-17-21(15-26)24(29)28-23(19-7-3-1-4-8-19)20-9-5-2-6-10-20/h1-14,17,23,27H,16H2,(H,28,29)/b21-17-. The zero-order valence-electron chi connectivity index (χ0n) is 15.7. The number of hydrogen-bond acceptors (Lipinski definition) is 3. The van der Waals surface area contributed by atoms with Crippen molar-refractivity contribution in [2.75, 3.05) is 0 Å². The molecule has 0 aliphatic heterocycles. The maximum absolute atomic E-state index is 12.8. The third kappa shape index (κ3) is 5.71. The normalized spacial score (nSPS) is 11.0. The highest BCUT2D eigenvalue weighted by molar-refractivity contribution is 6.30. The summed E-state index contributed by atoms with van der Waals surface area (Å²) in [5.74, 6) is -0.436. The molecule has 0 saturated heterocycles. The molecular weight excluding hydrogens is 382 g/mol. The van der Waals surface area contributed by atoms with Gasteiger partial charge in [0.1, 0.15) is 11.6 Å². The van der Waals surface area contributed by atoms with E-state index in [-0.39, 0.29) is 11.6 Å². The summed E-state index contributed by atoms with van der Waals surface area (Å²) in [7, 11) is 0. The molecule has 5 heteroatoms. The first-order valence-corrected chi connectivity index (χ1v) is 9.54. The van der Waals surface area contributed by atoms with Gasteiger partial charge >= 0.3 is 0 Å². The molecule has 0 bridgehead atoms. The fraction of sp³-hybridized carbons (Fsp3) is 0.0833. The molecule has 144 valence electrons. The Labute approximate surface area is 175 Å². The van der Waals surface area contributed by atoms with E-state index in [4.69, 9.17) is 11.6 Å². The molecule has 0 aromatic heterocycles. The lowest BCUT2D eigenvalue weighted by atomic mass is 9.98. The van der Waals surface area contributed by atoms with Crippen LogP contribution in [0.15, 0.2) is 96.7 Å². The zero-order valence-corrected chi connectivity index (χ0v) is 16.4. The second kappa shape index (κ2) is 10.1. The SMILES string of the molecule is N#C/C(=C/NCc1ccc(Cl)cc1)C(=O)NC(c1ccccc1)c1ccccc1. The number of hydrogen-bond donors (Lipinski definition) is 2. The van der Waals surface area contributed by atoms with Crippen molar-refractivity contribution in [1.82, 2.24) is 10.6 Å². The lowest BCUT2D eigenvalue weighted by Crippen LogP contribution is -2.30. The molecule has 0 atom stereocenters. The van der Waals surface area contributed by atoms with Gasteiger partial charge in [-0.25, -0.2) is 0 Å². The van der Waals surface area contributed by atoms with Crippen LogP contribution < -0.4 is 10.6 Å². The predicted octanol–water partition coefficient (Wildman–Crippen LogP) is 4.74. The minimum absolute atomic E-state index is 0.0100. The van der Waals surface area contributed by atoms with Gasteiger partial charge in [0.25, 0.3) is 5.91 Å². The second-order valence-electron chi connectivity index (χ2n) is 6.41. The molecule has 0 fully saturated rings. The highest BCUT2D eigenvalue weighted by Crippen LogP contribution is 2.22. The Hall–Kier alpha value is -3.55. The maximum atomic E-state index is 12.8. The smallest absolute Gasteiger partial charge is 0.264 e. The van der Waals surface area contributed by atoms with Gasteiger partial charge in [-0.1, -0.05) is 84.4 Å². The van der Waals surface area contributed by atoms with Crippen LogP contribution in [0.5, 0.6) is 0 Å². The molecule has 29 heavy (non-hydrogen) atoms. The van der Waals surface area contributed by atoms with Gasteiger partial charge in [-0.2, -0.15) is 5.26 Å². The summed E-state index contributed by atoms with van der Waals surface area (Å²) in [6.07, 6.45) is 1.44. The van der Waals surface area contributed by atoms with Crippen LogP contribution in [0.2, 0.25) is 5.02 Å². The van der Waals surface area contributed by atoms with Crippen molar-refractivity contribution in [2.24, 2.45) is 0 Å². The lowest BCUT2D eigenvalue weighted by Gasteiger charge is -2.19. The van der Waals surface area contributed by atoms with Crippen molar-refractivity contribution in [2.45, 2.75) is 12.6 Å². The highest BCUT2D eigenvalue weighted by Gasteiger charge is 2.19. The van der Waals surface area contributed by atoms with Crippen LogP contribution in [0, 0.1) is 11.3 Å². The number of amides is 1. The van der Waals surface area contributed by atoms with Gasteiger partial charge in [-0.15, -0.1) is 0 Å². The van der Waals surface area contributed by atoms with E-state index in [9.17, 15) is 10.1 Å². The number of rotatable bonds is 7. The molecule has 3 aromatic rings. The fourth-order valence-corrected chi connectivity index (χ4v) is 3.01. The zero-order chi connectivity index (χ0) is 20.5. The van der Waals surface area contributed by atoms with E-state index in [0.717, 1.165) is 16.7 Å². The molecule has 0 radical (unpaired) electrons. The van der Waals surface area contributed by atoms with E-state index in [1.807, 2.05) is 78.9 Å². The summed E-state index contributed by atoms with van der Waals surface area (Å²) in [5.41, 5.74) is 2.89. The van der Waals surface area contributed by atoms with Crippen LogP contribution in [-0.2, 0) is 11.3 Å². The van der Waals surface area contributed by atoms with Gasteiger partial charge in [0.2, 0.25) is 0 Å². The fourth-order valence-electron chi connectivity index (χ4n) is 2.88. The Morgan fingerprint density at radius 3 is 2.00 bits per heavy atom. The Bertz CT molecular complexity index is 970. The minimum atomic E-state index is -0.436. The van der Waals surface area contributed by atoms with Crippen LogP contribution in [0.25, 0.3) is 0 Å². The monoisotopic (exact) mass is 401 g/mol. The van der Waals surface area contributed by atoms with Gasteiger partial charge in [0, 0.05) is 17.8 Å². The van der Waals surface area contributed by atoms with Gasteiger partial charge in [0.15, 0.2) is 0 Å². The van der Waals surface area contributed by atoms with Crippen LogP contribution in [-0.4, -0.2) is 5.91 Å². The van der Waals surface area contributed by atoms with Crippen LogP contribution in [0.4, 0.5) is 0 Å². The first kappa shape index (κ1) is 20.2. The summed E-state index contributed by atoms with van der Waals surface area (Å²) < 4.78 is 0. The Kier molecular flexibility index (Phi) is 7.05. The lowest BCUT2D eigenvalue weighted by molar-refractivity contribution is -0.117. The van der Waals surface area contributed by atoms with Gasteiger partial charge < -0.3 is 10.6 Å².